The van der Waals surface area contributed by atoms with Crippen molar-refractivity contribution in [2.75, 3.05) is 13.1 Å². The molecule has 24 heavy (non-hydrogen) atoms. The highest BCUT2D eigenvalue weighted by atomic mass is 16.5. The van der Waals surface area contributed by atoms with Crippen molar-refractivity contribution in [3.8, 4) is 0 Å². The predicted molar refractivity (Wildman–Crippen MR) is 89.4 cm³/mol. The van der Waals surface area contributed by atoms with Crippen molar-refractivity contribution >= 4 is 6.03 Å². The molecule has 1 fully saturated rings. The van der Waals surface area contributed by atoms with Gasteiger partial charge in [0.2, 0.25) is 0 Å². The summed E-state index contributed by atoms with van der Waals surface area (Å²) in [6, 6.07) is 8.08. The van der Waals surface area contributed by atoms with Crippen molar-refractivity contribution in [1.29, 1.82) is 0 Å². The molecule has 0 saturated carbocycles. The Morgan fingerprint density at radius 1 is 1.29 bits per heavy atom. The first kappa shape index (κ1) is 16.4. The van der Waals surface area contributed by atoms with Crippen LogP contribution in [0.15, 0.2) is 36.9 Å². The lowest BCUT2D eigenvalue weighted by Crippen LogP contribution is -2.51. The highest BCUT2D eigenvalue weighted by Gasteiger charge is 2.25. The molecule has 0 spiro atoms. The van der Waals surface area contributed by atoms with Crippen LogP contribution in [0.2, 0.25) is 0 Å². The van der Waals surface area contributed by atoms with Gasteiger partial charge in [0, 0.05) is 19.6 Å². The molecule has 2 unspecified atom stereocenters. The maximum atomic E-state index is 12.3. The van der Waals surface area contributed by atoms with Gasteiger partial charge in [0.15, 0.2) is 0 Å². The zero-order valence-electron chi connectivity index (χ0n) is 14.1. The van der Waals surface area contributed by atoms with Gasteiger partial charge in [-0.05, 0) is 25.0 Å². The van der Waals surface area contributed by atoms with E-state index in [1.54, 1.807) is 11.0 Å². The molecule has 1 aromatic carbocycles. The van der Waals surface area contributed by atoms with Gasteiger partial charge in [0.25, 0.3) is 0 Å². The van der Waals surface area contributed by atoms with E-state index in [0.29, 0.717) is 26.2 Å². The van der Waals surface area contributed by atoms with Crippen LogP contribution in [-0.4, -0.2) is 51.0 Å². The Hall–Kier alpha value is -2.41. The Balaban J connectivity index is 1.55. The normalized spacial score (nSPS) is 20.8. The first-order valence-corrected chi connectivity index (χ1v) is 8.18. The number of nitrogens with one attached hydrogen (secondary N) is 1. The zero-order chi connectivity index (χ0) is 16.9. The maximum Gasteiger partial charge on any atom is 0.317 e. The van der Waals surface area contributed by atoms with Gasteiger partial charge < -0.3 is 15.0 Å². The van der Waals surface area contributed by atoms with Crippen LogP contribution >= 0.6 is 0 Å². The molecule has 2 heterocycles. The minimum atomic E-state index is -0.0429. The molecular weight excluding hydrogens is 306 g/mol. The molecule has 2 aromatic rings. The first-order chi connectivity index (χ1) is 11.6. The van der Waals surface area contributed by atoms with E-state index in [-0.39, 0.29) is 18.2 Å². The summed E-state index contributed by atoms with van der Waals surface area (Å²) in [6.07, 6.45) is 3.36. The largest absolute Gasteiger partial charge is 0.372 e. The third kappa shape index (κ3) is 4.32. The van der Waals surface area contributed by atoms with E-state index in [2.05, 4.69) is 21.5 Å². The third-order valence-electron chi connectivity index (χ3n) is 3.95. The number of carbonyl (C=O) groups is 1. The predicted octanol–water partition coefficient (Wildman–Crippen LogP) is 1.65. The number of carbonyl (C=O) groups excluding carboxylic acids is 1. The summed E-state index contributed by atoms with van der Waals surface area (Å²) in [6.45, 7) is 6.41. The molecule has 3 rings (SSSR count). The highest BCUT2D eigenvalue weighted by Crippen LogP contribution is 2.11. The number of hydrogen-bond donors (Lipinski definition) is 1. The second-order valence-corrected chi connectivity index (χ2v) is 6.23. The minimum Gasteiger partial charge on any atom is -0.372 e. The Kier molecular flexibility index (Phi) is 5.10. The summed E-state index contributed by atoms with van der Waals surface area (Å²) in [5, 5.41) is 7.10. The molecule has 2 amide bonds. The van der Waals surface area contributed by atoms with Gasteiger partial charge in [0.05, 0.1) is 18.8 Å². The van der Waals surface area contributed by atoms with Crippen LogP contribution in [-0.2, 0) is 17.8 Å². The fourth-order valence-corrected chi connectivity index (χ4v) is 2.97. The number of rotatable bonds is 4. The molecule has 0 aliphatic carbocycles. The average molecular weight is 329 g/mol. The van der Waals surface area contributed by atoms with Gasteiger partial charge in [0.1, 0.15) is 12.7 Å². The lowest BCUT2D eigenvalue weighted by molar-refractivity contribution is -0.0545. The molecule has 1 N–H and O–H groups in total. The van der Waals surface area contributed by atoms with Crippen LogP contribution in [0.3, 0.4) is 0 Å². The maximum absolute atomic E-state index is 12.3. The van der Waals surface area contributed by atoms with Gasteiger partial charge in [-0.3, -0.25) is 0 Å². The van der Waals surface area contributed by atoms with Crippen molar-refractivity contribution in [3.05, 3.63) is 48.0 Å². The molecule has 128 valence electrons. The number of aromatic nitrogens is 3. The van der Waals surface area contributed by atoms with E-state index in [0.717, 1.165) is 11.1 Å². The van der Waals surface area contributed by atoms with Gasteiger partial charge in [-0.15, -0.1) is 0 Å². The number of amides is 2. The molecule has 1 aliphatic rings. The van der Waals surface area contributed by atoms with E-state index in [1.165, 1.54) is 6.33 Å². The molecule has 0 radical (unpaired) electrons. The average Bonchev–Trinajstić information content (AvgIpc) is 3.05. The van der Waals surface area contributed by atoms with Crippen LogP contribution in [0.1, 0.15) is 25.0 Å². The van der Waals surface area contributed by atoms with Crippen LogP contribution in [0, 0.1) is 0 Å². The monoisotopic (exact) mass is 329 g/mol. The molecular formula is C17H23N5O2. The summed E-state index contributed by atoms with van der Waals surface area (Å²) < 4.78 is 7.43. The van der Waals surface area contributed by atoms with Crippen molar-refractivity contribution in [3.63, 3.8) is 0 Å². The summed E-state index contributed by atoms with van der Waals surface area (Å²) in [4.78, 5) is 18.1. The van der Waals surface area contributed by atoms with Gasteiger partial charge in [-0.1, -0.05) is 24.3 Å². The van der Waals surface area contributed by atoms with Crippen molar-refractivity contribution < 1.29 is 9.53 Å². The van der Waals surface area contributed by atoms with Gasteiger partial charge in [-0.2, -0.15) is 5.10 Å². The number of urea groups is 1. The standard InChI is InChI=1S/C17H23N5O2/c1-13-8-21(9-14(2)24-13)17(23)19-7-15-4-3-5-16(6-15)10-22-12-18-11-20-22/h3-6,11-14H,7-10H2,1-2H3,(H,19,23). The van der Waals surface area contributed by atoms with Crippen molar-refractivity contribution in [2.45, 2.75) is 39.1 Å². The van der Waals surface area contributed by atoms with Crippen LogP contribution in [0.25, 0.3) is 0 Å². The Bertz CT molecular complexity index is 663. The van der Waals surface area contributed by atoms with E-state index in [9.17, 15) is 4.79 Å². The van der Waals surface area contributed by atoms with E-state index < -0.39 is 0 Å². The van der Waals surface area contributed by atoms with Crippen LogP contribution in [0.5, 0.6) is 0 Å². The second kappa shape index (κ2) is 7.44. The summed E-state index contributed by atoms with van der Waals surface area (Å²) in [5.41, 5.74) is 2.19. The van der Waals surface area contributed by atoms with Gasteiger partial charge in [-0.25, -0.2) is 14.5 Å². The fraction of sp³-hybridized carbons (Fsp3) is 0.471. The molecule has 7 heteroatoms. The second-order valence-electron chi connectivity index (χ2n) is 6.23. The topological polar surface area (TPSA) is 72.3 Å². The van der Waals surface area contributed by atoms with E-state index in [1.807, 2.05) is 36.9 Å². The van der Waals surface area contributed by atoms with Crippen molar-refractivity contribution in [2.24, 2.45) is 0 Å². The Morgan fingerprint density at radius 2 is 2.04 bits per heavy atom. The highest BCUT2D eigenvalue weighted by molar-refractivity contribution is 5.74. The molecule has 2 atom stereocenters. The summed E-state index contributed by atoms with van der Waals surface area (Å²) >= 11 is 0. The number of hydrogen-bond acceptors (Lipinski definition) is 4. The molecule has 1 aliphatic heterocycles. The smallest absolute Gasteiger partial charge is 0.317 e. The lowest BCUT2D eigenvalue weighted by atomic mass is 10.1. The number of ether oxygens (including phenoxy) is 1. The summed E-state index contributed by atoms with van der Waals surface area (Å²) in [5.74, 6) is 0. The molecule has 1 saturated heterocycles. The fourth-order valence-electron chi connectivity index (χ4n) is 2.97. The van der Waals surface area contributed by atoms with E-state index in [4.69, 9.17) is 4.74 Å². The SMILES string of the molecule is CC1CN(C(=O)NCc2cccc(Cn3cncn3)c2)CC(C)O1. The molecule has 0 bridgehead atoms. The zero-order valence-corrected chi connectivity index (χ0v) is 14.1. The Labute approximate surface area is 141 Å². The quantitative estimate of drug-likeness (QED) is 0.926. The minimum absolute atomic E-state index is 0.0429. The first-order valence-electron chi connectivity index (χ1n) is 8.18. The number of nitrogens with zero attached hydrogens (tertiary/aromatic N) is 4. The van der Waals surface area contributed by atoms with Crippen LogP contribution in [0.4, 0.5) is 4.79 Å². The van der Waals surface area contributed by atoms with Gasteiger partial charge >= 0.3 is 6.03 Å². The summed E-state index contributed by atoms with van der Waals surface area (Å²) in [7, 11) is 0. The van der Waals surface area contributed by atoms with Crippen molar-refractivity contribution in [1.82, 2.24) is 25.0 Å². The van der Waals surface area contributed by atoms with Crippen LogP contribution < -0.4 is 5.32 Å². The third-order valence-corrected chi connectivity index (χ3v) is 3.95. The van der Waals surface area contributed by atoms with E-state index >= 15 is 0 Å². The molecule has 7 nitrogen and oxygen atoms in total. The number of benzene rings is 1. The number of morpholine rings is 1. The molecule has 1 aromatic heterocycles. The Morgan fingerprint density at radius 3 is 2.75 bits per heavy atom. The lowest BCUT2D eigenvalue weighted by Gasteiger charge is -2.35.